The smallest absolute Gasteiger partial charge is 0.337 e. The van der Waals surface area contributed by atoms with Crippen molar-refractivity contribution in [3.8, 4) is 11.1 Å². The van der Waals surface area contributed by atoms with E-state index in [1.165, 1.54) is 31.4 Å². The van der Waals surface area contributed by atoms with Gasteiger partial charge in [0.1, 0.15) is 5.82 Å². The topological polar surface area (TPSA) is 52.3 Å². The molecule has 2 rings (SSSR count). The largest absolute Gasteiger partial charge is 0.465 e. The molecule has 0 atom stereocenters. The van der Waals surface area contributed by atoms with E-state index in [1.54, 1.807) is 0 Å². The Morgan fingerprint density at radius 2 is 1.74 bits per heavy atom. The molecule has 5 heteroatoms. The third-order valence-electron chi connectivity index (χ3n) is 2.72. The number of carbonyl (C=O) groups excluding carboxylic acids is 1. The van der Waals surface area contributed by atoms with E-state index >= 15 is 0 Å². The lowest BCUT2D eigenvalue weighted by molar-refractivity contribution is 0.0601. The highest BCUT2D eigenvalue weighted by molar-refractivity contribution is 5.90. The molecular weight excluding hydrogens is 252 g/mol. The lowest BCUT2D eigenvalue weighted by atomic mass is 10.0. The van der Waals surface area contributed by atoms with E-state index < -0.39 is 17.6 Å². The lowest BCUT2D eigenvalue weighted by Gasteiger charge is -2.08. The van der Waals surface area contributed by atoms with Crippen molar-refractivity contribution in [2.45, 2.75) is 0 Å². The standard InChI is InChI=1S/C14H11F2NO2/c1-19-14(18)9-4-2-8(3-5-9)12-10(15)6-7-11(17)13(12)16/h2-7H,17H2,1H3. The van der Waals surface area contributed by atoms with Crippen molar-refractivity contribution in [1.29, 1.82) is 0 Å². The van der Waals surface area contributed by atoms with Gasteiger partial charge in [-0.15, -0.1) is 0 Å². The second-order valence-electron chi connectivity index (χ2n) is 3.89. The fraction of sp³-hybridized carbons (Fsp3) is 0.0714. The van der Waals surface area contributed by atoms with Crippen LogP contribution in [0, 0.1) is 11.6 Å². The summed E-state index contributed by atoms with van der Waals surface area (Å²) >= 11 is 0. The van der Waals surface area contributed by atoms with Crippen LogP contribution in [0.3, 0.4) is 0 Å². The molecule has 98 valence electrons. The third-order valence-corrected chi connectivity index (χ3v) is 2.72. The van der Waals surface area contributed by atoms with Gasteiger partial charge in [-0.1, -0.05) is 12.1 Å². The first-order chi connectivity index (χ1) is 9.04. The second kappa shape index (κ2) is 5.06. The average molecular weight is 263 g/mol. The number of hydrogen-bond donors (Lipinski definition) is 1. The van der Waals surface area contributed by atoms with Gasteiger partial charge in [-0.05, 0) is 29.8 Å². The SMILES string of the molecule is COC(=O)c1ccc(-c2c(F)ccc(N)c2F)cc1. The van der Waals surface area contributed by atoms with Crippen molar-refractivity contribution in [1.82, 2.24) is 0 Å². The van der Waals surface area contributed by atoms with Crippen LogP contribution in [0.5, 0.6) is 0 Å². The van der Waals surface area contributed by atoms with Crippen molar-refractivity contribution in [2.24, 2.45) is 0 Å². The Morgan fingerprint density at radius 3 is 2.32 bits per heavy atom. The van der Waals surface area contributed by atoms with Crippen LogP contribution in [0.2, 0.25) is 0 Å². The molecule has 0 aliphatic heterocycles. The molecular formula is C14H11F2NO2. The summed E-state index contributed by atoms with van der Waals surface area (Å²) in [5.74, 6) is -2.04. The minimum atomic E-state index is -0.814. The fourth-order valence-corrected chi connectivity index (χ4v) is 1.72. The summed E-state index contributed by atoms with van der Waals surface area (Å²) in [7, 11) is 1.26. The molecule has 0 saturated carbocycles. The van der Waals surface area contributed by atoms with Crippen molar-refractivity contribution >= 4 is 11.7 Å². The highest BCUT2D eigenvalue weighted by Crippen LogP contribution is 2.29. The van der Waals surface area contributed by atoms with Gasteiger partial charge in [0.2, 0.25) is 0 Å². The number of hydrogen-bond acceptors (Lipinski definition) is 3. The summed E-state index contributed by atoms with van der Waals surface area (Å²) in [6.45, 7) is 0. The first-order valence-corrected chi connectivity index (χ1v) is 5.47. The Kier molecular flexibility index (Phi) is 3.46. The molecule has 0 radical (unpaired) electrons. The van der Waals surface area contributed by atoms with Crippen molar-refractivity contribution in [3.05, 3.63) is 53.6 Å². The zero-order valence-corrected chi connectivity index (χ0v) is 10.1. The van der Waals surface area contributed by atoms with Gasteiger partial charge in [-0.2, -0.15) is 0 Å². The van der Waals surface area contributed by atoms with Crippen LogP contribution in [0.25, 0.3) is 11.1 Å². The van der Waals surface area contributed by atoms with E-state index in [1.807, 2.05) is 0 Å². The van der Waals surface area contributed by atoms with Crippen LogP contribution < -0.4 is 5.73 Å². The molecule has 0 aliphatic carbocycles. The van der Waals surface area contributed by atoms with Crippen molar-refractivity contribution in [2.75, 3.05) is 12.8 Å². The molecule has 0 fully saturated rings. The van der Waals surface area contributed by atoms with Crippen LogP contribution in [-0.2, 0) is 4.74 Å². The number of anilines is 1. The zero-order valence-electron chi connectivity index (χ0n) is 10.1. The van der Waals surface area contributed by atoms with Crippen LogP contribution in [0.4, 0.5) is 14.5 Å². The molecule has 0 unspecified atom stereocenters. The maximum atomic E-state index is 13.8. The van der Waals surface area contributed by atoms with Gasteiger partial charge in [-0.25, -0.2) is 13.6 Å². The molecule has 0 spiro atoms. The zero-order chi connectivity index (χ0) is 14.0. The fourth-order valence-electron chi connectivity index (χ4n) is 1.72. The van der Waals surface area contributed by atoms with Crippen LogP contribution in [0.15, 0.2) is 36.4 Å². The summed E-state index contributed by atoms with van der Waals surface area (Å²) in [4.78, 5) is 11.3. The van der Waals surface area contributed by atoms with Crippen LogP contribution in [0.1, 0.15) is 10.4 Å². The van der Waals surface area contributed by atoms with Gasteiger partial charge in [-0.3, -0.25) is 0 Å². The Bertz CT molecular complexity index is 624. The minimum Gasteiger partial charge on any atom is -0.465 e. The Morgan fingerprint density at radius 1 is 1.11 bits per heavy atom. The van der Waals surface area contributed by atoms with Crippen LogP contribution >= 0.6 is 0 Å². The average Bonchev–Trinajstić information content (AvgIpc) is 2.43. The maximum Gasteiger partial charge on any atom is 0.337 e. The second-order valence-corrected chi connectivity index (χ2v) is 3.89. The van der Waals surface area contributed by atoms with E-state index in [4.69, 9.17) is 5.73 Å². The number of carbonyl (C=O) groups is 1. The number of rotatable bonds is 2. The quantitative estimate of drug-likeness (QED) is 0.669. The summed E-state index contributed by atoms with van der Waals surface area (Å²) < 4.78 is 32.0. The van der Waals surface area contributed by atoms with Crippen LogP contribution in [-0.4, -0.2) is 13.1 Å². The third kappa shape index (κ3) is 2.40. The molecule has 0 aliphatic rings. The van der Waals surface area contributed by atoms with E-state index in [2.05, 4.69) is 4.74 Å². The Labute approximate surface area is 108 Å². The summed E-state index contributed by atoms with van der Waals surface area (Å²) in [5.41, 5.74) is 5.67. The highest BCUT2D eigenvalue weighted by atomic mass is 19.1. The molecule has 0 heterocycles. The molecule has 0 aromatic heterocycles. The van der Waals surface area contributed by atoms with E-state index in [0.717, 1.165) is 12.1 Å². The van der Waals surface area contributed by atoms with Gasteiger partial charge in [0.05, 0.1) is 23.9 Å². The number of nitrogen functional groups attached to an aromatic ring is 1. The van der Waals surface area contributed by atoms with Gasteiger partial charge < -0.3 is 10.5 Å². The molecule has 19 heavy (non-hydrogen) atoms. The first-order valence-electron chi connectivity index (χ1n) is 5.47. The van der Waals surface area contributed by atoms with E-state index in [9.17, 15) is 13.6 Å². The first kappa shape index (κ1) is 13.0. The molecule has 2 N–H and O–H groups in total. The lowest BCUT2D eigenvalue weighted by Crippen LogP contribution is -2.01. The maximum absolute atomic E-state index is 13.8. The number of ether oxygens (including phenoxy) is 1. The van der Waals surface area contributed by atoms with Gasteiger partial charge in [0, 0.05) is 0 Å². The molecule has 3 nitrogen and oxygen atoms in total. The number of esters is 1. The summed E-state index contributed by atoms with van der Waals surface area (Å²) in [6, 6.07) is 8.01. The molecule has 0 amide bonds. The van der Waals surface area contributed by atoms with Crippen molar-refractivity contribution < 1.29 is 18.3 Å². The Hall–Kier alpha value is -2.43. The molecule has 2 aromatic carbocycles. The number of benzene rings is 2. The van der Waals surface area contributed by atoms with Gasteiger partial charge in [0.15, 0.2) is 5.82 Å². The molecule has 0 saturated heterocycles. The number of halogens is 2. The van der Waals surface area contributed by atoms with Crippen molar-refractivity contribution in [3.63, 3.8) is 0 Å². The van der Waals surface area contributed by atoms with Gasteiger partial charge in [0.25, 0.3) is 0 Å². The molecule has 2 aromatic rings. The summed E-state index contributed by atoms with van der Waals surface area (Å²) in [5, 5.41) is 0. The monoisotopic (exact) mass is 263 g/mol. The van der Waals surface area contributed by atoms with Gasteiger partial charge >= 0.3 is 5.97 Å². The summed E-state index contributed by atoms with van der Waals surface area (Å²) in [6.07, 6.45) is 0. The normalized spacial score (nSPS) is 10.3. The predicted octanol–water partition coefficient (Wildman–Crippen LogP) is 3.00. The number of nitrogens with two attached hydrogens (primary N) is 1. The minimum absolute atomic E-state index is 0.131. The van der Waals surface area contributed by atoms with E-state index in [-0.39, 0.29) is 11.3 Å². The molecule has 0 bridgehead atoms. The predicted molar refractivity (Wildman–Crippen MR) is 67.5 cm³/mol. The Balaban J connectivity index is 2.49. The highest BCUT2D eigenvalue weighted by Gasteiger charge is 2.14. The number of methoxy groups -OCH3 is 1. The van der Waals surface area contributed by atoms with E-state index in [0.29, 0.717) is 11.1 Å².